The lowest BCUT2D eigenvalue weighted by molar-refractivity contribution is -0.145. The molecule has 1 heterocycles. The van der Waals surface area contributed by atoms with E-state index in [2.05, 4.69) is 0 Å². The summed E-state index contributed by atoms with van der Waals surface area (Å²) < 4.78 is 9.94. The van der Waals surface area contributed by atoms with E-state index in [1.807, 2.05) is 0 Å². The van der Waals surface area contributed by atoms with E-state index in [-0.39, 0.29) is 12.9 Å². The van der Waals surface area contributed by atoms with E-state index >= 15 is 0 Å². The van der Waals surface area contributed by atoms with Gasteiger partial charge in [-0.15, -0.1) is 0 Å². The van der Waals surface area contributed by atoms with Crippen molar-refractivity contribution in [2.24, 2.45) is 5.73 Å². The number of rotatable bonds is 3. The van der Waals surface area contributed by atoms with E-state index < -0.39 is 17.6 Å². The highest BCUT2D eigenvalue weighted by atomic mass is 16.7. The van der Waals surface area contributed by atoms with Crippen LogP contribution in [0, 0.1) is 0 Å². The molecule has 0 aliphatic carbocycles. The number of methoxy groups -OCH3 is 1. The molecule has 0 aromatic rings. The first-order valence-electron chi connectivity index (χ1n) is 5.11. The van der Waals surface area contributed by atoms with E-state index in [1.165, 1.54) is 0 Å². The van der Waals surface area contributed by atoms with Gasteiger partial charge in [0.1, 0.15) is 6.10 Å². The molecule has 16 heavy (non-hydrogen) atoms. The first-order valence-corrected chi connectivity index (χ1v) is 5.11. The van der Waals surface area contributed by atoms with Crippen LogP contribution in [0.25, 0.3) is 0 Å². The second-order valence-corrected chi connectivity index (χ2v) is 4.24. The van der Waals surface area contributed by atoms with Crippen molar-refractivity contribution in [3.8, 4) is 0 Å². The first kappa shape index (κ1) is 15.3. The summed E-state index contributed by atoms with van der Waals surface area (Å²) in [5, 5.41) is 16.7. The van der Waals surface area contributed by atoms with Crippen molar-refractivity contribution in [1.29, 1.82) is 0 Å². The van der Waals surface area contributed by atoms with Crippen molar-refractivity contribution >= 4 is 5.91 Å². The molecule has 1 aliphatic rings. The van der Waals surface area contributed by atoms with Gasteiger partial charge in [-0.1, -0.05) is 0 Å². The van der Waals surface area contributed by atoms with E-state index in [0.717, 1.165) is 6.42 Å². The lowest BCUT2D eigenvalue weighted by atomic mass is 10.2. The van der Waals surface area contributed by atoms with E-state index in [1.54, 1.807) is 21.0 Å². The molecule has 0 radical (unpaired) electrons. The normalized spacial score (nSPS) is 24.8. The average molecular weight is 235 g/mol. The van der Waals surface area contributed by atoms with E-state index in [4.69, 9.17) is 25.4 Å². The predicted molar refractivity (Wildman–Crippen MR) is 57.5 cm³/mol. The number of hydrogen-bond acceptors (Lipinski definition) is 5. The molecular formula is C10H21NO5. The number of nitrogens with two attached hydrogens (primary N) is 1. The number of amides is 1. The molecule has 0 aromatic heterocycles. The Morgan fingerprint density at radius 3 is 2.25 bits per heavy atom. The van der Waals surface area contributed by atoms with Crippen LogP contribution in [0.2, 0.25) is 0 Å². The van der Waals surface area contributed by atoms with Crippen LogP contribution < -0.4 is 5.73 Å². The van der Waals surface area contributed by atoms with Crippen LogP contribution in [0.4, 0.5) is 0 Å². The molecule has 2 atom stereocenters. The summed E-state index contributed by atoms with van der Waals surface area (Å²) in [5.41, 5.74) is 4.09. The van der Waals surface area contributed by atoms with E-state index in [0.29, 0.717) is 6.42 Å². The quantitative estimate of drug-likeness (QED) is 0.604. The van der Waals surface area contributed by atoms with Gasteiger partial charge in [0.05, 0.1) is 12.2 Å². The van der Waals surface area contributed by atoms with Crippen molar-refractivity contribution in [3.63, 3.8) is 0 Å². The predicted octanol–water partition coefficient (Wildman–Crippen LogP) is -0.627. The Morgan fingerprint density at radius 2 is 2.06 bits per heavy atom. The largest absolute Gasteiger partial charge is 0.393 e. The number of hydrogen-bond donors (Lipinski definition) is 3. The number of carbonyl (C=O) groups is 1. The maximum absolute atomic E-state index is 10.5. The number of carbonyl (C=O) groups excluding carboxylic acids is 1. The number of primary amides is 1. The lowest BCUT2D eigenvalue weighted by Gasteiger charge is -2.10. The molecule has 6 nitrogen and oxygen atoms in total. The third kappa shape index (κ3) is 6.73. The van der Waals surface area contributed by atoms with Crippen LogP contribution in [-0.2, 0) is 14.3 Å². The van der Waals surface area contributed by atoms with Crippen molar-refractivity contribution in [2.75, 3.05) is 13.7 Å². The minimum atomic E-state index is -0.903. The van der Waals surface area contributed by atoms with Gasteiger partial charge in [0.25, 0.3) is 0 Å². The molecule has 4 N–H and O–H groups in total. The van der Waals surface area contributed by atoms with Crippen LogP contribution in [0.5, 0.6) is 0 Å². The summed E-state index contributed by atoms with van der Waals surface area (Å²) in [6.07, 6.45) is 0.750. The third-order valence-electron chi connectivity index (χ3n) is 1.95. The summed E-state index contributed by atoms with van der Waals surface area (Å²) in [4.78, 5) is 10.5. The molecule has 1 saturated heterocycles. The van der Waals surface area contributed by atoms with Crippen molar-refractivity contribution in [1.82, 2.24) is 0 Å². The van der Waals surface area contributed by atoms with Crippen LogP contribution in [0.1, 0.15) is 26.7 Å². The standard InChI is InChI=1S/C6H11NO3.C4H10O2/c1-9-5-3-2-4(10-5)6(7)8;1-4(2,6)3-5/h4-5H,2-3H2,1H3,(H2,7,8);5-6H,3H2,1-2H3. The van der Waals surface area contributed by atoms with Gasteiger partial charge in [0, 0.05) is 13.5 Å². The Labute approximate surface area is 95.3 Å². The number of ether oxygens (including phenoxy) is 2. The molecule has 0 bridgehead atoms. The molecular weight excluding hydrogens is 214 g/mol. The summed E-state index contributed by atoms with van der Waals surface area (Å²) in [6, 6.07) is 0. The van der Waals surface area contributed by atoms with Gasteiger partial charge in [-0.05, 0) is 20.3 Å². The van der Waals surface area contributed by atoms with Crippen molar-refractivity contribution in [2.45, 2.75) is 44.7 Å². The molecule has 2 unspecified atom stereocenters. The number of aliphatic hydroxyl groups is 2. The highest BCUT2D eigenvalue weighted by Crippen LogP contribution is 2.19. The molecule has 1 fully saturated rings. The fourth-order valence-corrected chi connectivity index (χ4v) is 0.989. The van der Waals surface area contributed by atoms with Gasteiger partial charge < -0.3 is 25.4 Å². The lowest BCUT2D eigenvalue weighted by Crippen LogP contribution is -2.28. The summed E-state index contributed by atoms with van der Waals surface area (Å²) in [6.45, 7) is 2.92. The Balaban J connectivity index is 0.000000325. The van der Waals surface area contributed by atoms with Crippen LogP contribution >= 0.6 is 0 Å². The smallest absolute Gasteiger partial charge is 0.246 e. The molecule has 1 aliphatic heterocycles. The maximum atomic E-state index is 10.5. The second-order valence-electron chi connectivity index (χ2n) is 4.24. The minimum Gasteiger partial charge on any atom is -0.393 e. The fourth-order valence-electron chi connectivity index (χ4n) is 0.989. The fraction of sp³-hybridized carbons (Fsp3) is 0.900. The molecule has 0 spiro atoms. The van der Waals surface area contributed by atoms with Crippen LogP contribution in [0.3, 0.4) is 0 Å². The van der Waals surface area contributed by atoms with E-state index in [9.17, 15) is 4.79 Å². The first-order chi connectivity index (χ1) is 7.30. The highest BCUT2D eigenvalue weighted by molar-refractivity contribution is 5.79. The van der Waals surface area contributed by atoms with Gasteiger partial charge in [-0.3, -0.25) is 4.79 Å². The Kier molecular flexibility index (Phi) is 6.51. The molecule has 0 saturated carbocycles. The zero-order valence-electron chi connectivity index (χ0n) is 9.97. The molecule has 0 aromatic carbocycles. The van der Waals surface area contributed by atoms with Gasteiger partial charge in [-0.2, -0.15) is 0 Å². The van der Waals surface area contributed by atoms with Crippen molar-refractivity contribution < 1.29 is 24.5 Å². The van der Waals surface area contributed by atoms with Gasteiger partial charge in [0.15, 0.2) is 6.29 Å². The molecule has 1 amide bonds. The monoisotopic (exact) mass is 235 g/mol. The molecule has 1 rings (SSSR count). The van der Waals surface area contributed by atoms with Crippen LogP contribution in [0.15, 0.2) is 0 Å². The highest BCUT2D eigenvalue weighted by Gasteiger charge is 2.28. The Hall–Kier alpha value is -0.690. The average Bonchev–Trinajstić information content (AvgIpc) is 2.66. The minimum absolute atomic E-state index is 0.174. The van der Waals surface area contributed by atoms with Gasteiger partial charge in [-0.25, -0.2) is 0 Å². The second kappa shape index (κ2) is 6.80. The summed E-state index contributed by atoms with van der Waals surface area (Å²) in [5.74, 6) is -0.403. The zero-order valence-corrected chi connectivity index (χ0v) is 9.97. The van der Waals surface area contributed by atoms with Gasteiger partial charge in [0.2, 0.25) is 5.91 Å². The molecule has 6 heteroatoms. The Bertz CT molecular complexity index is 214. The summed E-state index contributed by atoms with van der Waals surface area (Å²) in [7, 11) is 1.55. The number of aliphatic hydroxyl groups excluding tert-OH is 1. The third-order valence-corrected chi connectivity index (χ3v) is 1.95. The summed E-state index contributed by atoms with van der Waals surface area (Å²) >= 11 is 0. The maximum Gasteiger partial charge on any atom is 0.246 e. The SMILES string of the molecule is CC(C)(O)CO.COC1CCC(C(N)=O)O1. The Morgan fingerprint density at radius 1 is 1.56 bits per heavy atom. The zero-order chi connectivity index (χ0) is 12.8. The van der Waals surface area contributed by atoms with Gasteiger partial charge >= 0.3 is 0 Å². The van der Waals surface area contributed by atoms with Crippen LogP contribution in [-0.4, -0.2) is 47.8 Å². The van der Waals surface area contributed by atoms with Crippen molar-refractivity contribution in [3.05, 3.63) is 0 Å². The topological polar surface area (TPSA) is 102 Å². The molecule has 96 valence electrons.